The highest BCUT2D eigenvalue weighted by molar-refractivity contribution is 4.97. The van der Waals surface area contributed by atoms with E-state index >= 15 is 0 Å². The molecule has 1 aliphatic carbocycles. The molecule has 1 saturated carbocycles. The van der Waals surface area contributed by atoms with Gasteiger partial charge in [0.25, 0.3) is 0 Å². The third-order valence-corrected chi connectivity index (χ3v) is 4.53. The van der Waals surface area contributed by atoms with Crippen molar-refractivity contribution in [3.05, 3.63) is 0 Å². The molecule has 1 unspecified atom stereocenters. The van der Waals surface area contributed by atoms with Crippen molar-refractivity contribution in [1.29, 1.82) is 0 Å². The lowest BCUT2D eigenvalue weighted by Gasteiger charge is -2.50. The first-order chi connectivity index (χ1) is 8.38. The van der Waals surface area contributed by atoms with Gasteiger partial charge < -0.3 is 10.1 Å². The number of hydrogen-bond donors (Lipinski definition) is 1. The molecule has 0 aromatic carbocycles. The molecule has 3 aliphatic rings. The van der Waals surface area contributed by atoms with Gasteiger partial charge in [-0.1, -0.05) is 0 Å². The molecular formula is C13H25N3O. The number of hydrogen-bond acceptors (Lipinski definition) is 4. The Hall–Kier alpha value is -0.160. The van der Waals surface area contributed by atoms with Gasteiger partial charge >= 0.3 is 0 Å². The molecule has 0 amide bonds. The van der Waals surface area contributed by atoms with E-state index in [9.17, 15) is 0 Å². The monoisotopic (exact) mass is 239 g/mol. The molecule has 3 fully saturated rings. The molecule has 0 bridgehead atoms. The average molecular weight is 239 g/mol. The zero-order valence-corrected chi connectivity index (χ0v) is 10.9. The highest BCUT2D eigenvalue weighted by Gasteiger charge is 2.42. The zero-order chi connectivity index (χ0) is 11.7. The molecular weight excluding hydrogens is 214 g/mol. The third kappa shape index (κ3) is 2.65. The van der Waals surface area contributed by atoms with Gasteiger partial charge in [-0.25, -0.2) is 0 Å². The second-order valence-corrected chi connectivity index (χ2v) is 5.75. The fraction of sp³-hybridized carbons (Fsp3) is 1.00. The molecule has 2 heterocycles. The molecule has 0 spiro atoms. The maximum absolute atomic E-state index is 5.38. The van der Waals surface area contributed by atoms with E-state index in [1.54, 1.807) is 0 Å². The second-order valence-electron chi connectivity index (χ2n) is 5.75. The van der Waals surface area contributed by atoms with Gasteiger partial charge in [-0.3, -0.25) is 9.80 Å². The van der Waals surface area contributed by atoms with Crippen LogP contribution < -0.4 is 5.32 Å². The van der Waals surface area contributed by atoms with Gasteiger partial charge in [-0.05, 0) is 18.8 Å². The fourth-order valence-electron chi connectivity index (χ4n) is 3.23. The molecule has 3 rings (SSSR count). The van der Waals surface area contributed by atoms with Crippen LogP contribution in [0.1, 0.15) is 12.8 Å². The first kappa shape index (κ1) is 11.9. The summed E-state index contributed by atoms with van der Waals surface area (Å²) in [5.74, 6) is 0.930. The summed E-state index contributed by atoms with van der Waals surface area (Å²) in [6.45, 7) is 8.27. The number of piperazine rings is 1. The normalized spacial score (nSPS) is 30.2. The van der Waals surface area contributed by atoms with Crippen LogP contribution in [0.15, 0.2) is 0 Å². The van der Waals surface area contributed by atoms with E-state index in [-0.39, 0.29) is 0 Å². The van der Waals surface area contributed by atoms with Crippen molar-refractivity contribution in [1.82, 2.24) is 15.1 Å². The van der Waals surface area contributed by atoms with E-state index in [1.165, 1.54) is 52.1 Å². The van der Waals surface area contributed by atoms with Crippen molar-refractivity contribution >= 4 is 0 Å². The minimum atomic E-state index is 0.708. The van der Waals surface area contributed by atoms with Gasteiger partial charge in [-0.15, -0.1) is 0 Å². The Bertz CT molecular complexity index is 245. The lowest BCUT2D eigenvalue weighted by Crippen LogP contribution is -2.65. The lowest BCUT2D eigenvalue weighted by atomic mass is 10.0. The van der Waals surface area contributed by atoms with E-state index in [0.29, 0.717) is 6.04 Å². The van der Waals surface area contributed by atoms with E-state index < -0.39 is 0 Å². The number of methoxy groups -OCH3 is 1. The number of rotatable bonds is 5. The topological polar surface area (TPSA) is 27.7 Å². The lowest BCUT2D eigenvalue weighted by molar-refractivity contribution is -0.0289. The van der Waals surface area contributed by atoms with E-state index in [0.717, 1.165) is 18.6 Å². The standard InChI is InChI=1S/C13H25N3O/c1-17-10-13(11-2-3-11)16-8-12(9-16)15-6-4-14-5-7-15/h11-14H,2-10H2,1H3. The number of ether oxygens (including phenoxy) is 1. The Morgan fingerprint density at radius 2 is 1.94 bits per heavy atom. The molecule has 1 N–H and O–H groups in total. The largest absolute Gasteiger partial charge is 0.383 e. The maximum atomic E-state index is 5.38. The van der Waals surface area contributed by atoms with E-state index in [1.807, 2.05) is 7.11 Å². The molecule has 4 nitrogen and oxygen atoms in total. The third-order valence-electron chi connectivity index (χ3n) is 4.53. The van der Waals surface area contributed by atoms with Crippen LogP contribution in [-0.2, 0) is 4.74 Å². The minimum absolute atomic E-state index is 0.708. The summed E-state index contributed by atoms with van der Waals surface area (Å²) in [6.07, 6.45) is 2.84. The Morgan fingerprint density at radius 3 is 2.53 bits per heavy atom. The molecule has 4 heteroatoms. The van der Waals surface area contributed by atoms with Gasteiger partial charge in [0, 0.05) is 58.5 Å². The van der Waals surface area contributed by atoms with Gasteiger partial charge in [0.2, 0.25) is 0 Å². The maximum Gasteiger partial charge on any atom is 0.0620 e. The highest BCUT2D eigenvalue weighted by atomic mass is 16.5. The van der Waals surface area contributed by atoms with Gasteiger partial charge in [-0.2, -0.15) is 0 Å². The molecule has 0 aromatic rings. The van der Waals surface area contributed by atoms with Crippen molar-refractivity contribution in [3.8, 4) is 0 Å². The summed E-state index contributed by atoms with van der Waals surface area (Å²) >= 11 is 0. The second kappa shape index (κ2) is 5.22. The van der Waals surface area contributed by atoms with Crippen LogP contribution in [0.4, 0.5) is 0 Å². The summed E-state index contributed by atoms with van der Waals surface area (Å²) < 4.78 is 5.38. The van der Waals surface area contributed by atoms with E-state index in [4.69, 9.17) is 4.74 Å². The van der Waals surface area contributed by atoms with Crippen molar-refractivity contribution in [2.24, 2.45) is 5.92 Å². The predicted molar refractivity (Wildman–Crippen MR) is 68.2 cm³/mol. The average Bonchev–Trinajstić information content (AvgIpc) is 3.11. The quantitative estimate of drug-likeness (QED) is 0.731. The van der Waals surface area contributed by atoms with Crippen LogP contribution in [0.3, 0.4) is 0 Å². The van der Waals surface area contributed by atoms with Crippen molar-refractivity contribution < 1.29 is 4.74 Å². The van der Waals surface area contributed by atoms with Gasteiger partial charge in [0.15, 0.2) is 0 Å². The fourth-order valence-corrected chi connectivity index (χ4v) is 3.23. The summed E-state index contributed by atoms with van der Waals surface area (Å²) in [4.78, 5) is 5.30. The van der Waals surface area contributed by atoms with Crippen LogP contribution in [0.2, 0.25) is 0 Å². The van der Waals surface area contributed by atoms with Crippen LogP contribution in [0, 0.1) is 5.92 Å². The van der Waals surface area contributed by atoms with Crippen LogP contribution in [-0.4, -0.2) is 74.9 Å². The summed E-state index contributed by atoms with van der Waals surface area (Å²) in [7, 11) is 1.84. The molecule has 0 radical (unpaired) electrons. The van der Waals surface area contributed by atoms with E-state index in [2.05, 4.69) is 15.1 Å². The number of likely N-dealkylation sites (tertiary alicyclic amines) is 1. The predicted octanol–water partition coefficient (Wildman–Crippen LogP) is 0.000800. The molecule has 98 valence electrons. The number of nitrogens with zero attached hydrogens (tertiary/aromatic N) is 2. The van der Waals surface area contributed by atoms with Gasteiger partial charge in [0.05, 0.1) is 6.61 Å². The van der Waals surface area contributed by atoms with Crippen molar-refractivity contribution in [3.63, 3.8) is 0 Å². The molecule has 0 aromatic heterocycles. The van der Waals surface area contributed by atoms with Crippen molar-refractivity contribution in [2.75, 3.05) is 53.0 Å². The SMILES string of the molecule is COCC(C1CC1)N1CC(N2CCNCC2)C1. The minimum Gasteiger partial charge on any atom is -0.383 e. The molecule has 2 aliphatic heterocycles. The zero-order valence-electron chi connectivity index (χ0n) is 10.9. The summed E-state index contributed by atoms with van der Waals surface area (Å²) in [6, 6.07) is 1.52. The van der Waals surface area contributed by atoms with Crippen molar-refractivity contribution in [2.45, 2.75) is 24.9 Å². The number of nitrogens with one attached hydrogen (secondary N) is 1. The van der Waals surface area contributed by atoms with Crippen LogP contribution in [0.25, 0.3) is 0 Å². The van der Waals surface area contributed by atoms with Gasteiger partial charge in [0.1, 0.15) is 0 Å². The first-order valence-corrected chi connectivity index (χ1v) is 7.06. The molecule has 1 atom stereocenters. The Labute approximate surface area is 104 Å². The molecule has 17 heavy (non-hydrogen) atoms. The highest BCUT2D eigenvalue weighted by Crippen LogP contribution is 2.37. The Balaban J connectivity index is 1.45. The first-order valence-electron chi connectivity index (χ1n) is 7.06. The smallest absolute Gasteiger partial charge is 0.0620 e. The molecule has 2 saturated heterocycles. The van der Waals surface area contributed by atoms with Crippen LogP contribution in [0.5, 0.6) is 0 Å². The Kier molecular flexibility index (Phi) is 3.66. The summed E-state index contributed by atoms with van der Waals surface area (Å²) in [5.41, 5.74) is 0. The summed E-state index contributed by atoms with van der Waals surface area (Å²) in [5, 5.41) is 3.43. The van der Waals surface area contributed by atoms with Crippen LogP contribution >= 0.6 is 0 Å². The Morgan fingerprint density at radius 1 is 1.24 bits per heavy atom.